The summed E-state index contributed by atoms with van der Waals surface area (Å²) in [5.41, 5.74) is 2.26. The largest absolute Gasteiger partial charge is 0.496 e. The van der Waals surface area contributed by atoms with Crippen molar-refractivity contribution in [3.05, 3.63) is 29.3 Å². The number of hydrogen-bond donors (Lipinski definition) is 3. The Morgan fingerprint density at radius 2 is 2.04 bits per heavy atom. The SMILES string of the molecule is COc1cc(CCNC(=O)NC2CCC(CO)CC2)ccc1C. The number of aliphatic hydroxyl groups is 1. The molecule has 1 saturated carbocycles. The van der Waals surface area contributed by atoms with Crippen molar-refractivity contribution in [1.82, 2.24) is 10.6 Å². The fraction of sp³-hybridized carbons (Fsp3) is 0.611. The van der Waals surface area contributed by atoms with Gasteiger partial charge in [0.15, 0.2) is 0 Å². The predicted molar refractivity (Wildman–Crippen MR) is 90.8 cm³/mol. The van der Waals surface area contributed by atoms with E-state index in [9.17, 15) is 4.79 Å². The van der Waals surface area contributed by atoms with Crippen LogP contribution in [0.25, 0.3) is 0 Å². The maximum atomic E-state index is 11.9. The van der Waals surface area contributed by atoms with Gasteiger partial charge in [0.05, 0.1) is 7.11 Å². The normalized spacial score (nSPS) is 20.8. The minimum absolute atomic E-state index is 0.100. The van der Waals surface area contributed by atoms with Crippen LogP contribution < -0.4 is 15.4 Å². The second kappa shape index (κ2) is 8.77. The highest BCUT2D eigenvalue weighted by molar-refractivity contribution is 5.74. The Balaban J connectivity index is 1.69. The number of aliphatic hydroxyl groups excluding tert-OH is 1. The highest BCUT2D eigenvalue weighted by atomic mass is 16.5. The molecule has 0 unspecified atom stereocenters. The number of rotatable bonds is 6. The number of benzene rings is 1. The van der Waals surface area contributed by atoms with Crippen molar-refractivity contribution >= 4 is 6.03 Å². The maximum Gasteiger partial charge on any atom is 0.315 e. The van der Waals surface area contributed by atoms with Crippen LogP contribution in [0.4, 0.5) is 4.79 Å². The van der Waals surface area contributed by atoms with Crippen LogP contribution in [-0.2, 0) is 6.42 Å². The van der Waals surface area contributed by atoms with Gasteiger partial charge in [0, 0.05) is 19.2 Å². The van der Waals surface area contributed by atoms with E-state index >= 15 is 0 Å². The summed E-state index contributed by atoms with van der Waals surface area (Å²) in [4.78, 5) is 11.9. The van der Waals surface area contributed by atoms with Gasteiger partial charge in [-0.25, -0.2) is 4.79 Å². The summed E-state index contributed by atoms with van der Waals surface area (Å²) in [6.45, 7) is 2.88. The van der Waals surface area contributed by atoms with Crippen molar-refractivity contribution in [2.75, 3.05) is 20.3 Å². The Hall–Kier alpha value is -1.75. The fourth-order valence-electron chi connectivity index (χ4n) is 3.07. The first-order valence-electron chi connectivity index (χ1n) is 8.41. The van der Waals surface area contributed by atoms with E-state index in [1.807, 2.05) is 19.1 Å². The van der Waals surface area contributed by atoms with E-state index in [2.05, 4.69) is 16.7 Å². The third kappa shape index (κ3) is 5.43. The molecule has 0 heterocycles. The van der Waals surface area contributed by atoms with Crippen molar-refractivity contribution in [3.63, 3.8) is 0 Å². The van der Waals surface area contributed by atoms with E-state index in [1.54, 1.807) is 7.11 Å². The summed E-state index contributed by atoms with van der Waals surface area (Å²) in [5.74, 6) is 1.29. The van der Waals surface area contributed by atoms with E-state index in [0.29, 0.717) is 12.5 Å². The first-order chi connectivity index (χ1) is 11.1. The lowest BCUT2D eigenvalue weighted by Gasteiger charge is -2.27. The second-order valence-corrected chi connectivity index (χ2v) is 6.35. The zero-order chi connectivity index (χ0) is 16.7. The summed E-state index contributed by atoms with van der Waals surface area (Å²) in [6, 6.07) is 6.25. The predicted octanol–water partition coefficient (Wildman–Crippen LogP) is 2.40. The average Bonchev–Trinajstić information content (AvgIpc) is 2.57. The third-order valence-corrected chi connectivity index (χ3v) is 4.61. The van der Waals surface area contributed by atoms with Crippen LogP contribution in [-0.4, -0.2) is 37.4 Å². The van der Waals surface area contributed by atoms with Gasteiger partial charge in [-0.15, -0.1) is 0 Å². The molecule has 0 atom stereocenters. The Kier molecular flexibility index (Phi) is 6.71. The number of ether oxygens (including phenoxy) is 1. The molecule has 2 amide bonds. The van der Waals surface area contributed by atoms with E-state index in [-0.39, 0.29) is 18.7 Å². The van der Waals surface area contributed by atoms with Crippen molar-refractivity contribution in [2.24, 2.45) is 5.92 Å². The average molecular weight is 320 g/mol. The number of methoxy groups -OCH3 is 1. The van der Waals surface area contributed by atoms with Crippen LogP contribution in [0.2, 0.25) is 0 Å². The topological polar surface area (TPSA) is 70.6 Å². The number of carbonyl (C=O) groups excluding carboxylic acids is 1. The lowest BCUT2D eigenvalue weighted by atomic mass is 9.87. The zero-order valence-corrected chi connectivity index (χ0v) is 14.1. The van der Waals surface area contributed by atoms with E-state index in [4.69, 9.17) is 9.84 Å². The summed E-state index contributed by atoms with van der Waals surface area (Å²) < 4.78 is 5.31. The Labute approximate surface area is 138 Å². The van der Waals surface area contributed by atoms with Crippen molar-refractivity contribution < 1.29 is 14.6 Å². The molecule has 5 heteroatoms. The summed E-state index contributed by atoms with van der Waals surface area (Å²) in [5, 5.41) is 15.1. The van der Waals surface area contributed by atoms with Crippen LogP contribution in [0.3, 0.4) is 0 Å². The smallest absolute Gasteiger partial charge is 0.315 e. The van der Waals surface area contributed by atoms with Crippen molar-refractivity contribution in [1.29, 1.82) is 0 Å². The summed E-state index contributed by atoms with van der Waals surface area (Å²) >= 11 is 0. The molecule has 0 radical (unpaired) electrons. The van der Waals surface area contributed by atoms with Crippen LogP contribution in [0.5, 0.6) is 5.75 Å². The molecular formula is C18H28N2O3. The van der Waals surface area contributed by atoms with Gasteiger partial charge in [0.2, 0.25) is 0 Å². The minimum atomic E-state index is -0.100. The Morgan fingerprint density at radius 3 is 2.70 bits per heavy atom. The molecule has 0 aliphatic heterocycles. The van der Waals surface area contributed by atoms with Crippen LogP contribution in [0.15, 0.2) is 18.2 Å². The number of amides is 2. The number of aryl methyl sites for hydroxylation is 1. The highest BCUT2D eigenvalue weighted by Gasteiger charge is 2.21. The zero-order valence-electron chi connectivity index (χ0n) is 14.1. The number of urea groups is 1. The summed E-state index contributed by atoms with van der Waals surface area (Å²) in [7, 11) is 1.67. The van der Waals surface area contributed by atoms with Gasteiger partial charge in [-0.2, -0.15) is 0 Å². The van der Waals surface area contributed by atoms with Gasteiger partial charge in [-0.05, 0) is 62.1 Å². The second-order valence-electron chi connectivity index (χ2n) is 6.35. The quantitative estimate of drug-likeness (QED) is 0.754. The van der Waals surface area contributed by atoms with Crippen molar-refractivity contribution in [3.8, 4) is 5.75 Å². The minimum Gasteiger partial charge on any atom is -0.496 e. The molecule has 1 aliphatic carbocycles. The number of nitrogens with one attached hydrogen (secondary N) is 2. The van der Waals surface area contributed by atoms with Crippen LogP contribution >= 0.6 is 0 Å². The molecule has 5 nitrogen and oxygen atoms in total. The molecule has 1 aromatic carbocycles. The van der Waals surface area contributed by atoms with Gasteiger partial charge in [0.25, 0.3) is 0 Å². The molecular weight excluding hydrogens is 292 g/mol. The van der Waals surface area contributed by atoms with Crippen LogP contribution in [0.1, 0.15) is 36.8 Å². The van der Waals surface area contributed by atoms with E-state index < -0.39 is 0 Å². The highest BCUT2D eigenvalue weighted by Crippen LogP contribution is 2.23. The molecule has 2 rings (SSSR count). The lowest BCUT2D eigenvalue weighted by molar-refractivity contribution is 0.174. The van der Waals surface area contributed by atoms with Crippen LogP contribution in [0, 0.1) is 12.8 Å². The van der Waals surface area contributed by atoms with Gasteiger partial charge in [0.1, 0.15) is 5.75 Å². The molecule has 0 aromatic heterocycles. The number of carbonyl (C=O) groups is 1. The van der Waals surface area contributed by atoms with E-state index in [1.165, 1.54) is 0 Å². The molecule has 1 aliphatic rings. The maximum absolute atomic E-state index is 11.9. The van der Waals surface area contributed by atoms with E-state index in [0.717, 1.165) is 49.0 Å². The first-order valence-corrected chi connectivity index (χ1v) is 8.41. The molecule has 0 bridgehead atoms. The third-order valence-electron chi connectivity index (χ3n) is 4.61. The lowest BCUT2D eigenvalue weighted by Crippen LogP contribution is -2.44. The monoisotopic (exact) mass is 320 g/mol. The molecule has 0 spiro atoms. The molecule has 1 aromatic rings. The van der Waals surface area contributed by atoms with Crippen molar-refractivity contribution in [2.45, 2.75) is 45.1 Å². The Bertz CT molecular complexity index is 511. The first kappa shape index (κ1) is 17.6. The van der Waals surface area contributed by atoms with Gasteiger partial charge >= 0.3 is 6.03 Å². The molecule has 3 N–H and O–H groups in total. The fourth-order valence-corrected chi connectivity index (χ4v) is 3.07. The number of hydrogen-bond acceptors (Lipinski definition) is 3. The molecule has 0 saturated heterocycles. The summed E-state index contributed by atoms with van der Waals surface area (Å²) in [6.07, 6.45) is 4.66. The standard InChI is InChI=1S/C18H28N2O3/c1-13-3-4-14(11-17(13)23-2)9-10-19-18(22)20-16-7-5-15(12-21)6-8-16/h3-4,11,15-16,21H,5-10,12H2,1-2H3,(H2,19,20,22). The Morgan fingerprint density at radius 1 is 1.30 bits per heavy atom. The molecule has 1 fully saturated rings. The molecule has 128 valence electrons. The van der Waals surface area contributed by atoms with Gasteiger partial charge in [-0.1, -0.05) is 12.1 Å². The molecule has 23 heavy (non-hydrogen) atoms. The van der Waals surface area contributed by atoms with Gasteiger partial charge < -0.3 is 20.5 Å². The van der Waals surface area contributed by atoms with Gasteiger partial charge in [-0.3, -0.25) is 0 Å².